The predicted molar refractivity (Wildman–Crippen MR) is 54.5 cm³/mol. The average Bonchev–Trinajstić information content (AvgIpc) is 2.22. The minimum atomic E-state index is -0.520. The van der Waals surface area contributed by atoms with Gasteiger partial charge in [-0.3, -0.25) is 0 Å². The minimum absolute atomic E-state index is 0.139. The van der Waals surface area contributed by atoms with Crippen LogP contribution in [0.1, 0.15) is 12.5 Å². The molecular weight excluding hydrogens is 196 g/mol. The van der Waals surface area contributed by atoms with Crippen LogP contribution in [0.3, 0.4) is 0 Å². The first-order valence-electron chi connectivity index (χ1n) is 4.97. The number of rotatable bonds is 2. The second-order valence-corrected chi connectivity index (χ2v) is 3.64. The van der Waals surface area contributed by atoms with Crippen LogP contribution in [0.2, 0.25) is 0 Å². The number of aromatic hydroxyl groups is 1. The van der Waals surface area contributed by atoms with Crippen molar-refractivity contribution in [2.75, 3.05) is 13.2 Å². The Hall–Kier alpha value is -1.42. The van der Waals surface area contributed by atoms with Crippen LogP contribution in [-0.2, 0) is 6.42 Å². The zero-order valence-corrected chi connectivity index (χ0v) is 8.56. The topological polar surface area (TPSA) is 58.9 Å². The summed E-state index contributed by atoms with van der Waals surface area (Å²) in [5.41, 5.74) is 0.613. The Morgan fingerprint density at radius 1 is 1.33 bits per heavy atom. The van der Waals surface area contributed by atoms with Gasteiger partial charge in [0.25, 0.3) is 0 Å². The largest absolute Gasteiger partial charge is 0.508 e. The number of phenols is 1. The molecule has 0 saturated carbocycles. The number of ether oxygens (including phenoxy) is 2. The van der Waals surface area contributed by atoms with Crippen molar-refractivity contribution in [1.82, 2.24) is 0 Å². The normalized spacial score (nSPS) is 16.1. The first-order valence-corrected chi connectivity index (χ1v) is 4.97. The molecule has 0 aliphatic carbocycles. The lowest BCUT2D eigenvalue weighted by Crippen LogP contribution is -2.17. The summed E-state index contributed by atoms with van der Waals surface area (Å²) in [6.45, 7) is 2.66. The van der Waals surface area contributed by atoms with E-state index in [1.807, 2.05) is 0 Å². The van der Waals surface area contributed by atoms with E-state index >= 15 is 0 Å². The summed E-state index contributed by atoms with van der Waals surface area (Å²) in [6, 6.07) is 3.24. The van der Waals surface area contributed by atoms with Gasteiger partial charge in [0.05, 0.1) is 6.10 Å². The van der Waals surface area contributed by atoms with Crippen molar-refractivity contribution in [3.8, 4) is 17.2 Å². The maximum atomic E-state index is 9.67. The summed E-state index contributed by atoms with van der Waals surface area (Å²) in [6.07, 6.45) is -0.161. The molecule has 15 heavy (non-hydrogen) atoms. The van der Waals surface area contributed by atoms with Gasteiger partial charge in [0.2, 0.25) is 0 Å². The summed E-state index contributed by atoms with van der Waals surface area (Å²) in [7, 11) is 0. The SMILES string of the molecule is CC(O)Cc1c(O)ccc2c1OCCO2. The second-order valence-electron chi connectivity index (χ2n) is 3.64. The van der Waals surface area contributed by atoms with Gasteiger partial charge in [-0.1, -0.05) is 0 Å². The Morgan fingerprint density at radius 2 is 2.07 bits per heavy atom. The molecule has 0 saturated heterocycles. The van der Waals surface area contributed by atoms with Crippen LogP contribution in [0.25, 0.3) is 0 Å². The van der Waals surface area contributed by atoms with E-state index in [2.05, 4.69) is 0 Å². The highest BCUT2D eigenvalue weighted by atomic mass is 16.6. The number of benzene rings is 1. The fourth-order valence-corrected chi connectivity index (χ4v) is 1.66. The van der Waals surface area contributed by atoms with E-state index in [-0.39, 0.29) is 5.75 Å². The molecule has 4 heteroatoms. The monoisotopic (exact) mass is 210 g/mol. The lowest BCUT2D eigenvalue weighted by Gasteiger charge is -2.22. The third-order valence-corrected chi connectivity index (χ3v) is 2.29. The molecule has 0 radical (unpaired) electrons. The zero-order chi connectivity index (χ0) is 10.8. The van der Waals surface area contributed by atoms with Crippen molar-refractivity contribution in [3.05, 3.63) is 17.7 Å². The predicted octanol–water partition coefficient (Wildman–Crippen LogP) is 1.09. The minimum Gasteiger partial charge on any atom is -0.508 e. The van der Waals surface area contributed by atoms with Crippen LogP contribution < -0.4 is 9.47 Å². The van der Waals surface area contributed by atoms with Crippen molar-refractivity contribution in [1.29, 1.82) is 0 Å². The molecule has 0 fully saturated rings. The Bertz CT molecular complexity index is 360. The molecule has 82 valence electrons. The summed E-state index contributed by atoms with van der Waals surface area (Å²) in [5.74, 6) is 1.33. The molecule has 1 heterocycles. The third kappa shape index (κ3) is 1.99. The summed E-state index contributed by atoms with van der Waals surface area (Å²) >= 11 is 0. The number of phenolic OH excluding ortho intramolecular Hbond substituents is 1. The molecule has 0 spiro atoms. The van der Waals surface area contributed by atoms with Gasteiger partial charge in [0.15, 0.2) is 11.5 Å². The van der Waals surface area contributed by atoms with Gasteiger partial charge in [0, 0.05) is 12.0 Å². The molecule has 0 aromatic heterocycles. The van der Waals surface area contributed by atoms with E-state index in [4.69, 9.17) is 9.47 Å². The van der Waals surface area contributed by atoms with Crippen molar-refractivity contribution in [2.45, 2.75) is 19.4 Å². The lowest BCUT2D eigenvalue weighted by atomic mass is 10.1. The standard InChI is InChI=1S/C11H14O4/c1-7(12)6-8-9(13)2-3-10-11(8)15-5-4-14-10/h2-3,7,12-13H,4-6H2,1H3. The Balaban J connectivity index is 2.41. The molecule has 2 rings (SSSR count). The highest BCUT2D eigenvalue weighted by molar-refractivity contribution is 5.54. The van der Waals surface area contributed by atoms with Gasteiger partial charge < -0.3 is 19.7 Å². The molecule has 0 amide bonds. The maximum absolute atomic E-state index is 9.67. The maximum Gasteiger partial charge on any atom is 0.168 e. The van der Waals surface area contributed by atoms with Crippen molar-refractivity contribution in [2.24, 2.45) is 0 Å². The summed E-state index contributed by atoms with van der Waals surface area (Å²) in [5, 5.41) is 19.0. The van der Waals surface area contributed by atoms with Crippen LogP contribution in [0.4, 0.5) is 0 Å². The highest BCUT2D eigenvalue weighted by Crippen LogP contribution is 2.39. The van der Waals surface area contributed by atoms with Gasteiger partial charge >= 0.3 is 0 Å². The molecule has 1 unspecified atom stereocenters. The molecule has 1 aromatic carbocycles. The molecule has 4 nitrogen and oxygen atoms in total. The molecular formula is C11H14O4. The van der Waals surface area contributed by atoms with Gasteiger partial charge in [-0.25, -0.2) is 0 Å². The number of aliphatic hydroxyl groups is 1. The molecule has 1 aromatic rings. The van der Waals surface area contributed by atoms with Crippen molar-refractivity contribution in [3.63, 3.8) is 0 Å². The number of hydrogen-bond acceptors (Lipinski definition) is 4. The van der Waals surface area contributed by atoms with Crippen molar-refractivity contribution >= 4 is 0 Å². The Labute approximate surface area is 88.1 Å². The number of aliphatic hydroxyl groups excluding tert-OH is 1. The molecule has 1 atom stereocenters. The summed E-state index contributed by atoms with van der Waals surface area (Å²) in [4.78, 5) is 0. The first kappa shape index (κ1) is 10.1. The molecule has 2 N–H and O–H groups in total. The number of fused-ring (bicyclic) bond motifs is 1. The van der Waals surface area contributed by atoms with Gasteiger partial charge in [0.1, 0.15) is 19.0 Å². The molecule has 0 bridgehead atoms. The van der Waals surface area contributed by atoms with E-state index in [1.165, 1.54) is 0 Å². The molecule has 1 aliphatic heterocycles. The average molecular weight is 210 g/mol. The fraction of sp³-hybridized carbons (Fsp3) is 0.455. The van der Waals surface area contributed by atoms with Crippen LogP contribution >= 0.6 is 0 Å². The van der Waals surface area contributed by atoms with E-state index in [1.54, 1.807) is 19.1 Å². The molecule has 1 aliphatic rings. The van der Waals surface area contributed by atoms with Gasteiger partial charge in [-0.15, -0.1) is 0 Å². The first-order chi connectivity index (χ1) is 7.18. The van der Waals surface area contributed by atoms with E-state index in [9.17, 15) is 10.2 Å². The number of hydrogen-bond donors (Lipinski definition) is 2. The fourth-order valence-electron chi connectivity index (χ4n) is 1.66. The van der Waals surface area contributed by atoms with Gasteiger partial charge in [-0.05, 0) is 19.1 Å². The summed E-state index contributed by atoms with van der Waals surface area (Å²) < 4.78 is 10.8. The van der Waals surface area contributed by atoms with Crippen LogP contribution in [0.5, 0.6) is 17.2 Å². The quantitative estimate of drug-likeness (QED) is 0.767. The zero-order valence-electron chi connectivity index (χ0n) is 8.56. The Kier molecular flexibility index (Phi) is 2.68. The van der Waals surface area contributed by atoms with E-state index in [0.29, 0.717) is 36.7 Å². The van der Waals surface area contributed by atoms with Crippen molar-refractivity contribution < 1.29 is 19.7 Å². The second kappa shape index (κ2) is 3.98. The van der Waals surface area contributed by atoms with Crippen LogP contribution in [-0.4, -0.2) is 29.5 Å². The van der Waals surface area contributed by atoms with Crippen LogP contribution in [0, 0.1) is 0 Å². The Morgan fingerprint density at radius 3 is 2.80 bits per heavy atom. The third-order valence-electron chi connectivity index (χ3n) is 2.29. The van der Waals surface area contributed by atoms with Crippen LogP contribution in [0.15, 0.2) is 12.1 Å². The smallest absolute Gasteiger partial charge is 0.168 e. The lowest BCUT2D eigenvalue weighted by molar-refractivity contribution is 0.162. The van der Waals surface area contributed by atoms with E-state index < -0.39 is 6.10 Å². The highest BCUT2D eigenvalue weighted by Gasteiger charge is 2.20. The van der Waals surface area contributed by atoms with E-state index in [0.717, 1.165) is 0 Å². The van der Waals surface area contributed by atoms with Gasteiger partial charge in [-0.2, -0.15) is 0 Å².